The Morgan fingerprint density at radius 2 is 1.80 bits per heavy atom. The Balaban J connectivity index is 0.000000423. The van der Waals surface area contributed by atoms with Crippen molar-refractivity contribution in [3.8, 4) is 0 Å². The summed E-state index contributed by atoms with van der Waals surface area (Å²) >= 11 is 0. The normalized spacial score (nSPS) is 10.7. The third-order valence-electron chi connectivity index (χ3n) is 1.66. The molecule has 0 aliphatic carbocycles. The number of hydrogen-bond acceptors (Lipinski definition) is 1. The van der Waals surface area contributed by atoms with Crippen LogP contribution >= 0.6 is 0 Å². The van der Waals surface area contributed by atoms with E-state index in [0.29, 0.717) is 0 Å². The van der Waals surface area contributed by atoms with Crippen molar-refractivity contribution in [2.45, 2.75) is 13.8 Å². The molecule has 0 atom stereocenters. The van der Waals surface area contributed by atoms with Gasteiger partial charge in [-0.25, -0.2) is 0 Å². The van der Waals surface area contributed by atoms with Crippen LogP contribution in [0.2, 0.25) is 0 Å². The van der Waals surface area contributed by atoms with E-state index in [2.05, 4.69) is 24.8 Å². The Bertz CT molecular complexity index is 316. The molecule has 0 aromatic heterocycles. The topological polar surface area (TPSA) is 20.2 Å². The molecule has 1 aromatic rings. The number of rotatable bonds is 2. The highest BCUT2D eigenvalue weighted by Gasteiger charge is 1.83. The highest BCUT2D eigenvalue weighted by molar-refractivity contribution is 5.54. The summed E-state index contributed by atoms with van der Waals surface area (Å²) < 4.78 is 0. The summed E-state index contributed by atoms with van der Waals surface area (Å²) in [7, 11) is 0. The molecule has 0 aliphatic rings. The first-order valence-corrected chi connectivity index (χ1v) is 4.85. The molecule has 0 saturated carbocycles. The molecule has 1 nitrogen and oxygen atoms in total. The first-order valence-electron chi connectivity index (χ1n) is 4.85. The maximum absolute atomic E-state index is 7.69. The second-order valence-electron chi connectivity index (χ2n) is 2.99. The van der Waals surface area contributed by atoms with Crippen LogP contribution in [0.3, 0.4) is 0 Å². The molecule has 1 aromatic carbocycles. The molecule has 1 N–H and O–H groups in total. The van der Waals surface area contributed by atoms with Crippen molar-refractivity contribution in [2.24, 2.45) is 0 Å². The zero-order valence-corrected chi connectivity index (χ0v) is 9.35. The summed E-state index contributed by atoms with van der Waals surface area (Å²) in [6.07, 6.45) is 6.51. The van der Waals surface area contributed by atoms with Gasteiger partial charge in [-0.05, 0) is 19.4 Å². The van der Waals surface area contributed by atoms with Gasteiger partial charge in [0, 0.05) is 0 Å². The van der Waals surface area contributed by atoms with Crippen LogP contribution in [0.4, 0.5) is 0 Å². The summed E-state index contributed by atoms with van der Waals surface area (Å²) in [5.41, 5.74) is 2.42. The summed E-state index contributed by atoms with van der Waals surface area (Å²) in [5.74, 6) is 0. The summed E-state index contributed by atoms with van der Waals surface area (Å²) in [5, 5.41) is 7.69. The molecule has 0 bridgehead atoms. The van der Waals surface area contributed by atoms with Gasteiger partial charge in [0.05, 0.1) is 6.26 Å². The second-order valence-corrected chi connectivity index (χ2v) is 2.99. The average molecular weight is 202 g/mol. The van der Waals surface area contributed by atoms with Gasteiger partial charge in [-0.3, -0.25) is 0 Å². The van der Waals surface area contributed by atoms with E-state index in [4.69, 9.17) is 5.11 Å². The van der Waals surface area contributed by atoms with E-state index in [0.717, 1.165) is 6.26 Å². The molecule has 1 heteroatoms. The highest BCUT2D eigenvalue weighted by Crippen LogP contribution is 2.05. The average Bonchev–Trinajstić information content (AvgIpc) is 2.30. The number of aliphatic hydroxyl groups excluding tert-OH is 1. The molecule has 0 aliphatic heterocycles. The number of allylic oxidation sites excluding steroid dienone is 3. The van der Waals surface area contributed by atoms with Crippen LogP contribution in [0.1, 0.15) is 19.4 Å². The predicted molar refractivity (Wildman–Crippen MR) is 67.7 cm³/mol. The predicted octanol–water partition coefficient (Wildman–Crippen LogP) is 4.35. The van der Waals surface area contributed by atoms with Crippen LogP contribution in [-0.4, -0.2) is 5.11 Å². The van der Waals surface area contributed by atoms with Crippen LogP contribution in [0.5, 0.6) is 0 Å². The Hall–Kier alpha value is -1.76. The van der Waals surface area contributed by atoms with Gasteiger partial charge in [0.25, 0.3) is 0 Å². The van der Waals surface area contributed by atoms with Gasteiger partial charge in [0.2, 0.25) is 0 Å². The van der Waals surface area contributed by atoms with Gasteiger partial charge < -0.3 is 5.11 Å². The lowest BCUT2D eigenvalue weighted by atomic mass is 10.1. The number of aliphatic hydroxyl groups is 1. The fourth-order valence-corrected chi connectivity index (χ4v) is 0.871. The Labute approximate surface area is 92.1 Å². The Morgan fingerprint density at radius 3 is 2.20 bits per heavy atom. The SMILES string of the molecule is C/C=C/O.C=C/C(C)=C\c1ccccc1. The molecule has 0 amide bonds. The van der Waals surface area contributed by atoms with E-state index in [1.54, 1.807) is 13.0 Å². The standard InChI is InChI=1S/C11H12.C3H6O/c1-3-10(2)9-11-7-5-4-6-8-11;1-2-3-4/h3-9H,1H2,2H3;2-4H,1H3/b10-9-;3-2+. The van der Waals surface area contributed by atoms with Gasteiger partial charge >= 0.3 is 0 Å². The van der Waals surface area contributed by atoms with Gasteiger partial charge in [-0.2, -0.15) is 0 Å². The minimum absolute atomic E-state index is 1.00. The maximum atomic E-state index is 7.69. The first-order chi connectivity index (χ1) is 7.24. The molecule has 0 unspecified atom stereocenters. The molecule has 15 heavy (non-hydrogen) atoms. The van der Waals surface area contributed by atoms with E-state index in [9.17, 15) is 0 Å². The van der Waals surface area contributed by atoms with E-state index >= 15 is 0 Å². The van der Waals surface area contributed by atoms with Crippen molar-refractivity contribution in [3.63, 3.8) is 0 Å². The van der Waals surface area contributed by atoms with Crippen LogP contribution in [0.25, 0.3) is 6.08 Å². The maximum Gasteiger partial charge on any atom is 0.0748 e. The zero-order chi connectivity index (χ0) is 11.5. The largest absolute Gasteiger partial charge is 0.516 e. The Morgan fingerprint density at radius 1 is 1.27 bits per heavy atom. The van der Waals surface area contributed by atoms with Crippen LogP contribution in [0, 0.1) is 0 Å². The second kappa shape index (κ2) is 8.82. The van der Waals surface area contributed by atoms with E-state index < -0.39 is 0 Å². The molecule has 0 radical (unpaired) electrons. The van der Waals surface area contributed by atoms with E-state index in [1.165, 1.54) is 11.1 Å². The smallest absolute Gasteiger partial charge is 0.0748 e. The van der Waals surface area contributed by atoms with Crippen LogP contribution in [-0.2, 0) is 0 Å². The first kappa shape index (κ1) is 13.2. The van der Waals surface area contributed by atoms with Gasteiger partial charge in [-0.15, -0.1) is 0 Å². The van der Waals surface area contributed by atoms with Gasteiger partial charge in [0.15, 0.2) is 0 Å². The van der Waals surface area contributed by atoms with Crippen molar-refractivity contribution in [1.29, 1.82) is 0 Å². The molecule has 1 rings (SSSR count). The van der Waals surface area contributed by atoms with Crippen molar-refractivity contribution >= 4 is 6.08 Å². The fraction of sp³-hybridized carbons (Fsp3) is 0.143. The molecular formula is C14H18O. The van der Waals surface area contributed by atoms with Crippen molar-refractivity contribution < 1.29 is 5.11 Å². The summed E-state index contributed by atoms with van der Waals surface area (Å²) in [4.78, 5) is 0. The molecule has 0 fully saturated rings. The molecule has 0 spiro atoms. The van der Waals surface area contributed by atoms with E-state index in [1.807, 2.05) is 31.2 Å². The number of benzene rings is 1. The zero-order valence-electron chi connectivity index (χ0n) is 9.35. The number of hydrogen-bond donors (Lipinski definition) is 1. The third kappa shape index (κ3) is 7.32. The lowest BCUT2D eigenvalue weighted by molar-refractivity contribution is 0.472. The van der Waals surface area contributed by atoms with Crippen LogP contribution < -0.4 is 0 Å². The molecule has 0 saturated heterocycles. The molecular weight excluding hydrogens is 184 g/mol. The summed E-state index contributed by atoms with van der Waals surface area (Å²) in [6, 6.07) is 10.2. The van der Waals surface area contributed by atoms with Crippen LogP contribution in [0.15, 0.2) is 60.9 Å². The lowest BCUT2D eigenvalue weighted by Gasteiger charge is -1.92. The third-order valence-corrected chi connectivity index (χ3v) is 1.66. The van der Waals surface area contributed by atoms with Crippen molar-refractivity contribution in [3.05, 3.63) is 66.5 Å². The van der Waals surface area contributed by atoms with Crippen molar-refractivity contribution in [2.75, 3.05) is 0 Å². The highest BCUT2D eigenvalue weighted by atomic mass is 16.2. The van der Waals surface area contributed by atoms with Gasteiger partial charge in [0.1, 0.15) is 0 Å². The molecule has 80 valence electrons. The van der Waals surface area contributed by atoms with Crippen molar-refractivity contribution in [1.82, 2.24) is 0 Å². The lowest BCUT2D eigenvalue weighted by Crippen LogP contribution is -1.70. The minimum atomic E-state index is 1.00. The minimum Gasteiger partial charge on any atom is -0.516 e. The molecule has 0 heterocycles. The Kier molecular flexibility index (Phi) is 7.79. The van der Waals surface area contributed by atoms with E-state index in [-0.39, 0.29) is 0 Å². The monoisotopic (exact) mass is 202 g/mol. The van der Waals surface area contributed by atoms with Gasteiger partial charge in [-0.1, -0.05) is 60.7 Å². The quantitative estimate of drug-likeness (QED) is 0.558. The summed E-state index contributed by atoms with van der Waals surface area (Å²) in [6.45, 7) is 7.48. The fourth-order valence-electron chi connectivity index (χ4n) is 0.871.